The van der Waals surface area contributed by atoms with Crippen molar-refractivity contribution < 1.29 is 9.18 Å². The van der Waals surface area contributed by atoms with Gasteiger partial charge in [0.15, 0.2) is 5.78 Å². The van der Waals surface area contributed by atoms with Gasteiger partial charge in [0.05, 0.1) is 0 Å². The van der Waals surface area contributed by atoms with E-state index in [2.05, 4.69) is 52.3 Å². The SMILES string of the molecule is O=C(CCN1CCN(c2cccc3ccccc23)CC1)c1csc2ccc(F)cc12. The molecule has 0 amide bonds. The topological polar surface area (TPSA) is 23.6 Å². The van der Waals surface area contributed by atoms with Gasteiger partial charge in [-0.15, -0.1) is 11.3 Å². The van der Waals surface area contributed by atoms with Crippen LogP contribution in [0.2, 0.25) is 0 Å². The molecule has 0 saturated carbocycles. The van der Waals surface area contributed by atoms with Crippen LogP contribution in [-0.2, 0) is 0 Å². The lowest BCUT2D eigenvalue weighted by Gasteiger charge is -2.36. The number of benzene rings is 3. The van der Waals surface area contributed by atoms with E-state index in [0.717, 1.165) is 42.8 Å². The molecule has 3 nitrogen and oxygen atoms in total. The van der Waals surface area contributed by atoms with E-state index in [0.29, 0.717) is 12.0 Å². The van der Waals surface area contributed by atoms with Gasteiger partial charge in [0, 0.05) is 71.2 Å². The van der Waals surface area contributed by atoms with Crippen molar-refractivity contribution in [3.05, 3.63) is 77.4 Å². The average Bonchev–Trinajstić information content (AvgIpc) is 3.20. The zero-order valence-corrected chi connectivity index (χ0v) is 17.5. The lowest BCUT2D eigenvalue weighted by Crippen LogP contribution is -2.47. The molecular weight excluding hydrogens is 395 g/mol. The van der Waals surface area contributed by atoms with E-state index >= 15 is 0 Å². The van der Waals surface area contributed by atoms with Crippen molar-refractivity contribution in [2.24, 2.45) is 0 Å². The van der Waals surface area contributed by atoms with E-state index in [1.807, 2.05) is 5.38 Å². The number of rotatable bonds is 5. The predicted octanol–water partition coefficient (Wildman–Crippen LogP) is 5.59. The van der Waals surface area contributed by atoms with Crippen LogP contribution in [0.15, 0.2) is 66.0 Å². The largest absolute Gasteiger partial charge is 0.368 e. The normalized spacial score (nSPS) is 15.2. The summed E-state index contributed by atoms with van der Waals surface area (Å²) >= 11 is 1.50. The number of anilines is 1. The van der Waals surface area contributed by atoms with E-state index in [9.17, 15) is 9.18 Å². The number of piperazine rings is 1. The number of halogens is 1. The molecule has 1 saturated heterocycles. The molecule has 5 heteroatoms. The van der Waals surface area contributed by atoms with Gasteiger partial charge >= 0.3 is 0 Å². The van der Waals surface area contributed by atoms with Crippen molar-refractivity contribution in [2.75, 3.05) is 37.6 Å². The summed E-state index contributed by atoms with van der Waals surface area (Å²) in [5, 5.41) is 5.17. The van der Waals surface area contributed by atoms with Crippen LogP contribution in [0.3, 0.4) is 0 Å². The second-order valence-corrected chi connectivity index (χ2v) is 8.70. The number of hydrogen-bond donors (Lipinski definition) is 0. The van der Waals surface area contributed by atoms with E-state index in [1.54, 1.807) is 6.07 Å². The van der Waals surface area contributed by atoms with E-state index in [-0.39, 0.29) is 11.6 Å². The number of fused-ring (bicyclic) bond motifs is 2. The molecule has 0 spiro atoms. The third kappa shape index (κ3) is 3.71. The molecular formula is C25H23FN2OS. The first-order valence-corrected chi connectivity index (χ1v) is 11.2. The number of ketones is 1. The number of carbonyl (C=O) groups excluding carboxylic acids is 1. The molecule has 3 aromatic carbocycles. The zero-order valence-electron chi connectivity index (χ0n) is 16.7. The number of nitrogens with zero attached hydrogens (tertiary/aromatic N) is 2. The van der Waals surface area contributed by atoms with Crippen LogP contribution in [0, 0.1) is 5.82 Å². The molecule has 0 aliphatic carbocycles. The molecule has 5 rings (SSSR count). The van der Waals surface area contributed by atoms with Crippen LogP contribution in [0.25, 0.3) is 20.9 Å². The van der Waals surface area contributed by atoms with Gasteiger partial charge in [-0.2, -0.15) is 0 Å². The predicted molar refractivity (Wildman–Crippen MR) is 123 cm³/mol. The Morgan fingerprint density at radius 1 is 0.933 bits per heavy atom. The molecule has 1 fully saturated rings. The lowest BCUT2D eigenvalue weighted by atomic mass is 10.1. The average molecular weight is 419 g/mol. The number of thiophene rings is 1. The summed E-state index contributed by atoms with van der Waals surface area (Å²) in [6.45, 7) is 4.53. The van der Waals surface area contributed by atoms with Crippen LogP contribution >= 0.6 is 11.3 Å². The summed E-state index contributed by atoms with van der Waals surface area (Å²) in [6.07, 6.45) is 0.469. The summed E-state index contributed by atoms with van der Waals surface area (Å²) in [5.74, 6) is -0.192. The van der Waals surface area contributed by atoms with Gasteiger partial charge in [-0.1, -0.05) is 36.4 Å². The maximum atomic E-state index is 13.6. The molecule has 4 aromatic rings. The lowest BCUT2D eigenvalue weighted by molar-refractivity contribution is 0.0964. The Labute approximate surface area is 179 Å². The third-order valence-corrected chi connectivity index (χ3v) is 6.93. The second kappa shape index (κ2) is 8.17. The fraction of sp³-hybridized carbons (Fsp3) is 0.240. The van der Waals surface area contributed by atoms with Gasteiger partial charge in [-0.25, -0.2) is 4.39 Å². The Kier molecular flexibility index (Phi) is 5.23. The van der Waals surface area contributed by atoms with E-state index in [4.69, 9.17) is 0 Å². The molecule has 1 aliphatic heterocycles. The Hall–Kier alpha value is -2.76. The summed E-state index contributed by atoms with van der Waals surface area (Å²) in [7, 11) is 0. The molecule has 0 N–H and O–H groups in total. The van der Waals surface area contributed by atoms with Gasteiger partial charge in [0.25, 0.3) is 0 Å². The van der Waals surface area contributed by atoms with Crippen LogP contribution < -0.4 is 4.90 Å². The first kappa shape index (κ1) is 19.2. The van der Waals surface area contributed by atoms with E-state index < -0.39 is 0 Å². The fourth-order valence-electron chi connectivity index (χ4n) is 4.31. The van der Waals surface area contributed by atoms with E-state index in [1.165, 1.54) is 39.9 Å². The van der Waals surface area contributed by atoms with Crippen LogP contribution in [-0.4, -0.2) is 43.4 Å². The highest BCUT2D eigenvalue weighted by molar-refractivity contribution is 7.17. The number of carbonyl (C=O) groups is 1. The minimum atomic E-state index is -0.292. The number of hydrogen-bond acceptors (Lipinski definition) is 4. The first-order chi connectivity index (χ1) is 14.7. The third-order valence-electron chi connectivity index (χ3n) is 5.97. The minimum Gasteiger partial charge on any atom is -0.368 e. The molecule has 2 heterocycles. The van der Waals surface area contributed by atoms with Gasteiger partial charge < -0.3 is 4.90 Å². The monoisotopic (exact) mass is 418 g/mol. The summed E-state index contributed by atoms with van der Waals surface area (Å²) < 4.78 is 14.6. The van der Waals surface area contributed by atoms with Gasteiger partial charge in [-0.3, -0.25) is 9.69 Å². The molecule has 0 radical (unpaired) electrons. The van der Waals surface area contributed by atoms with Crippen molar-refractivity contribution >= 4 is 43.7 Å². The highest BCUT2D eigenvalue weighted by atomic mass is 32.1. The Balaban J connectivity index is 1.21. The number of Topliss-reactive ketones (excluding diaryl/α,β-unsaturated/α-hetero) is 1. The van der Waals surface area contributed by atoms with Crippen LogP contribution in [0.4, 0.5) is 10.1 Å². The standard InChI is InChI=1S/C25H23FN2OS/c26-19-8-9-25-21(16-19)22(17-30-25)24(29)10-11-27-12-14-28(15-13-27)23-7-3-5-18-4-1-2-6-20(18)23/h1-9,16-17H,10-15H2. The molecule has 1 aromatic heterocycles. The molecule has 0 bridgehead atoms. The Morgan fingerprint density at radius 2 is 1.73 bits per heavy atom. The highest BCUT2D eigenvalue weighted by Gasteiger charge is 2.20. The minimum absolute atomic E-state index is 0.100. The van der Waals surface area contributed by atoms with Crippen molar-refractivity contribution in [1.82, 2.24) is 4.90 Å². The quantitative estimate of drug-likeness (QED) is 0.395. The molecule has 1 aliphatic rings. The van der Waals surface area contributed by atoms with Crippen LogP contribution in [0.5, 0.6) is 0 Å². The summed E-state index contributed by atoms with van der Waals surface area (Å²) in [6, 6.07) is 19.6. The van der Waals surface area contributed by atoms with Crippen molar-refractivity contribution in [2.45, 2.75) is 6.42 Å². The van der Waals surface area contributed by atoms with Crippen molar-refractivity contribution in [3.63, 3.8) is 0 Å². The van der Waals surface area contributed by atoms with Gasteiger partial charge in [0.2, 0.25) is 0 Å². The van der Waals surface area contributed by atoms with Crippen molar-refractivity contribution in [1.29, 1.82) is 0 Å². The Morgan fingerprint density at radius 3 is 2.60 bits per heavy atom. The zero-order chi connectivity index (χ0) is 20.5. The molecule has 0 unspecified atom stereocenters. The first-order valence-electron chi connectivity index (χ1n) is 10.3. The van der Waals surface area contributed by atoms with Gasteiger partial charge in [-0.05, 0) is 29.7 Å². The summed E-state index contributed by atoms with van der Waals surface area (Å²) in [5.41, 5.74) is 1.94. The maximum Gasteiger partial charge on any atom is 0.165 e. The fourth-order valence-corrected chi connectivity index (χ4v) is 5.25. The van der Waals surface area contributed by atoms with Gasteiger partial charge in [0.1, 0.15) is 5.82 Å². The molecule has 152 valence electrons. The molecule has 30 heavy (non-hydrogen) atoms. The molecule has 0 atom stereocenters. The van der Waals surface area contributed by atoms with Crippen LogP contribution in [0.1, 0.15) is 16.8 Å². The smallest absolute Gasteiger partial charge is 0.165 e. The summed E-state index contributed by atoms with van der Waals surface area (Å²) in [4.78, 5) is 17.5. The maximum absolute atomic E-state index is 13.6. The Bertz CT molecular complexity index is 1200. The van der Waals surface area contributed by atoms with Crippen molar-refractivity contribution in [3.8, 4) is 0 Å². The highest BCUT2D eigenvalue weighted by Crippen LogP contribution is 2.29. The second-order valence-electron chi connectivity index (χ2n) is 7.79.